The summed E-state index contributed by atoms with van der Waals surface area (Å²) in [6.45, 7) is 0.142. The van der Waals surface area contributed by atoms with Crippen LogP contribution in [0.15, 0.2) is 18.2 Å². The average Bonchev–Trinajstić information content (AvgIpc) is 2.14. The first-order valence-electron chi connectivity index (χ1n) is 4.46. The minimum Gasteiger partial charge on any atom is -0.483 e. The van der Waals surface area contributed by atoms with Gasteiger partial charge >= 0.3 is 6.18 Å². The maximum atomic E-state index is 11.9. The smallest absolute Gasteiger partial charge is 0.422 e. The summed E-state index contributed by atoms with van der Waals surface area (Å²) in [5.74, 6) is -0.0524. The lowest BCUT2D eigenvalue weighted by Crippen LogP contribution is -2.19. The highest BCUT2D eigenvalue weighted by Gasteiger charge is 2.28. The summed E-state index contributed by atoms with van der Waals surface area (Å²) in [6, 6.07) is 4.14. The molecule has 0 bridgehead atoms. The number of alkyl halides is 3. The third-order valence-corrected chi connectivity index (χ3v) is 2.13. The van der Waals surface area contributed by atoms with Crippen LogP contribution in [0, 0.1) is 0 Å². The Balaban J connectivity index is 2.76. The highest BCUT2D eigenvalue weighted by molar-refractivity contribution is 6.32. The normalized spacial score (nSPS) is 13.6. The molecule has 0 spiro atoms. The molecule has 1 rings (SSSR count). The molecule has 1 atom stereocenters. The molecule has 2 nitrogen and oxygen atoms in total. The fourth-order valence-corrected chi connectivity index (χ4v) is 1.30. The van der Waals surface area contributed by atoms with Crippen molar-refractivity contribution in [3.63, 3.8) is 0 Å². The summed E-state index contributed by atoms with van der Waals surface area (Å²) >= 11 is 5.70. The van der Waals surface area contributed by atoms with E-state index >= 15 is 0 Å². The van der Waals surface area contributed by atoms with E-state index in [1.165, 1.54) is 25.1 Å². The van der Waals surface area contributed by atoms with Gasteiger partial charge in [0.15, 0.2) is 6.61 Å². The third-order valence-electron chi connectivity index (χ3n) is 1.83. The highest BCUT2D eigenvalue weighted by atomic mass is 35.5. The number of hydrogen-bond acceptors (Lipinski definition) is 2. The molecule has 1 aromatic carbocycles. The van der Waals surface area contributed by atoms with Crippen LogP contribution < -0.4 is 4.74 Å². The van der Waals surface area contributed by atoms with Crippen LogP contribution >= 0.6 is 11.6 Å². The van der Waals surface area contributed by atoms with Crippen LogP contribution in [0.25, 0.3) is 0 Å². The van der Waals surface area contributed by atoms with Gasteiger partial charge in [-0.05, 0) is 24.6 Å². The summed E-state index contributed by atoms with van der Waals surface area (Å²) in [5.41, 5.74) is 0.518. The molecule has 1 unspecified atom stereocenters. The van der Waals surface area contributed by atoms with E-state index in [4.69, 9.17) is 11.6 Å². The van der Waals surface area contributed by atoms with E-state index in [0.29, 0.717) is 5.56 Å². The quantitative estimate of drug-likeness (QED) is 0.896. The molecular weight excluding hydrogens is 245 g/mol. The van der Waals surface area contributed by atoms with Crippen molar-refractivity contribution in [1.29, 1.82) is 0 Å². The Hall–Kier alpha value is -0.940. The van der Waals surface area contributed by atoms with Crippen molar-refractivity contribution < 1.29 is 23.0 Å². The highest BCUT2D eigenvalue weighted by Crippen LogP contribution is 2.29. The van der Waals surface area contributed by atoms with Gasteiger partial charge in [-0.3, -0.25) is 0 Å². The molecule has 0 aliphatic heterocycles. The minimum atomic E-state index is -4.40. The monoisotopic (exact) mass is 254 g/mol. The number of aliphatic hydroxyl groups excluding tert-OH is 1. The van der Waals surface area contributed by atoms with Crippen molar-refractivity contribution >= 4 is 11.6 Å². The number of benzene rings is 1. The van der Waals surface area contributed by atoms with E-state index in [1.807, 2.05) is 0 Å². The minimum absolute atomic E-state index is 0.0441. The Morgan fingerprint density at radius 1 is 1.44 bits per heavy atom. The summed E-state index contributed by atoms with van der Waals surface area (Å²) in [5, 5.41) is 9.26. The largest absolute Gasteiger partial charge is 0.483 e. The molecule has 0 heterocycles. The van der Waals surface area contributed by atoms with E-state index in [1.54, 1.807) is 0 Å². The number of rotatable bonds is 3. The van der Waals surface area contributed by atoms with Crippen molar-refractivity contribution in [2.45, 2.75) is 19.2 Å². The van der Waals surface area contributed by atoms with Crippen molar-refractivity contribution in [3.8, 4) is 5.75 Å². The van der Waals surface area contributed by atoms with Gasteiger partial charge in [0, 0.05) is 0 Å². The molecule has 16 heavy (non-hydrogen) atoms. The predicted molar refractivity (Wildman–Crippen MR) is 53.6 cm³/mol. The zero-order chi connectivity index (χ0) is 12.3. The van der Waals surface area contributed by atoms with E-state index < -0.39 is 18.9 Å². The van der Waals surface area contributed by atoms with Crippen molar-refractivity contribution in [2.24, 2.45) is 0 Å². The number of hydrogen-bond donors (Lipinski definition) is 1. The average molecular weight is 255 g/mol. The lowest BCUT2D eigenvalue weighted by molar-refractivity contribution is -0.153. The molecule has 90 valence electrons. The first-order valence-corrected chi connectivity index (χ1v) is 4.84. The van der Waals surface area contributed by atoms with Crippen LogP contribution in [-0.4, -0.2) is 17.9 Å². The molecule has 0 aromatic heterocycles. The first-order chi connectivity index (χ1) is 7.29. The second-order valence-corrected chi connectivity index (χ2v) is 3.68. The predicted octanol–water partition coefficient (Wildman–Crippen LogP) is 3.33. The molecule has 0 saturated heterocycles. The molecule has 0 aliphatic rings. The van der Waals surface area contributed by atoms with E-state index in [0.717, 1.165) is 0 Å². The van der Waals surface area contributed by atoms with Gasteiger partial charge in [0.05, 0.1) is 11.1 Å². The maximum Gasteiger partial charge on any atom is 0.422 e. The first kappa shape index (κ1) is 13.1. The SMILES string of the molecule is CC(O)c1ccc(OCC(F)(F)F)c(Cl)c1. The Labute approximate surface area is 95.6 Å². The standard InChI is InChI=1S/C10H10ClF3O2/c1-6(15)7-2-3-9(8(11)4-7)16-5-10(12,13)14/h2-4,6,15H,5H2,1H3. The van der Waals surface area contributed by atoms with Crippen LogP contribution in [-0.2, 0) is 0 Å². The van der Waals surface area contributed by atoms with Crippen LogP contribution in [0.2, 0.25) is 5.02 Å². The molecule has 0 amide bonds. The van der Waals surface area contributed by atoms with Gasteiger partial charge in [0.2, 0.25) is 0 Å². The van der Waals surface area contributed by atoms with Gasteiger partial charge in [-0.1, -0.05) is 17.7 Å². The number of aliphatic hydroxyl groups is 1. The molecule has 1 aromatic rings. The summed E-state index contributed by atoms with van der Waals surface area (Å²) in [4.78, 5) is 0. The molecule has 1 N–H and O–H groups in total. The number of ether oxygens (including phenoxy) is 1. The fraction of sp³-hybridized carbons (Fsp3) is 0.400. The van der Waals surface area contributed by atoms with Gasteiger partial charge in [-0.25, -0.2) is 0 Å². The Bertz CT molecular complexity index is 364. The molecule has 0 aliphatic carbocycles. The van der Waals surface area contributed by atoms with Crippen LogP contribution in [0.4, 0.5) is 13.2 Å². The molecule has 0 fully saturated rings. The zero-order valence-corrected chi connectivity index (χ0v) is 9.14. The van der Waals surface area contributed by atoms with E-state index in [9.17, 15) is 18.3 Å². The van der Waals surface area contributed by atoms with Crippen LogP contribution in [0.3, 0.4) is 0 Å². The van der Waals surface area contributed by atoms with Crippen molar-refractivity contribution in [1.82, 2.24) is 0 Å². The number of halogens is 4. The van der Waals surface area contributed by atoms with Crippen LogP contribution in [0.5, 0.6) is 5.75 Å². The second kappa shape index (κ2) is 4.93. The lowest BCUT2D eigenvalue weighted by atomic mass is 10.1. The Morgan fingerprint density at radius 2 is 2.06 bits per heavy atom. The summed E-state index contributed by atoms with van der Waals surface area (Å²) in [6.07, 6.45) is -5.12. The van der Waals surface area contributed by atoms with Crippen molar-refractivity contribution in [2.75, 3.05) is 6.61 Å². The summed E-state index contributed by atoms with van der Waals surface area (Å²) in [7, 11) is 0. The van der Waals surface area contributed by atoms with Gasteiger partial charge in [-0.15, -0.1) is 0 Å². The van der Waals surface area contributed by atoms with E-state index in [-0.39, 0.29) is 10.8 Å². The van der Waals surface area contributed by atoms with Crippen LogP contribution in [0.1, 0.15) is 18.6 Å². The molecule has 6 heteroatoms. The third kappa shape index (κ3) is 3.90. The lowest BCUT2D eigenvalue weighted by Gasteiger charge is -2.12. The van der Waals surface area contributed by atoms with Gasteiger partial charge in [0.1, 0.15) is 5.75 Å². The molecule has 0 radical (unpaired) electrons. The fourth-order valence-electron chi connectivity index (χ4n) is 1.05. The Morgan fingerprint density at radius 3 is 2.50 bits per heavy atom. The van der Waals surface area contributed by atoms with Gasteiger partial charge < -0.3 is 9.84 Å². The van der Waals surface area contributed by atoms with E-state index in [2.05, 4.69) is 4.74 Å². The maximum absolute atomic E-state index is 11.9. The van der Waals surface area contributed by atoms with Gasteiger partial charge in [0.25, 0.3) is 0 Å². The topological polar surface area (TPSA) is 29.5 Å². The zero-order valence-electron chi connectivity index (χ0n) is 8.38. The van der Waals surface area contributed by atoms with Crippen molar-refractivity contribution in [3.05, 3.63) is 28.8 Å². The van der Waals surface area contributed by atoms with Gasteiger partial charge in [-0.2, -0.15) is 13.2 Å². The molecule has 0 saturated carbocycles. The Kier molecular flexibility index (Phi) is 4.04. The second-order valence-electron chi connectivity index (χ2n) is 3.27. The molecular formula is C10H10ClF3O2. The summed E-state index contributed by atoms with van der Waals surface area (Å²) < 4.78 is 40.1.